The molecule has 0 spiro atoms. The van der Waals surface area contributed by atoms with Crippen LogP contribution in [-0.4, -0.2) is 36.6 Å². The number of rotatable bonds is 4. The van der Waals surface area contributed by atoms with Crippen LogP contribution in [0, 0.1) is 17.8 Å². The van der Waals surface area contributed by atoms with Gasteiger partial charge in [0, 0.05) is 31.7 Å². The van der Waals surface area contributed by atoms with Crippen LogP contribution in [0.15, 0.2) is 0 Å². The lowest BCUT2D eigenvalue weighted by Gasteiger charge is -2.44. The van der Waals surface area contributed by atoms with Crippen molar-refractivity contribution in [1.29, 1.82) is 0 Å². The maximum Gasteiger partial charge on any atom is 0.0244 e. The SMILES string of the molecule is CC(C)CN1CC(C(C)C)NCC1C(C)C. The maximum absolute atomic E-state index is 3.71. The summed E-state index contributed by atoms with van der Waals surface area (Å²) in [5, 5.41) is 3.71. The average molecular weight is 226 g/mol. The highest BCUT2D eigenvalue weighted by Crippen LogP contribution is 2.19. The summed E-state index contributed by atoms with van der Waals surface area (Å²) in [5.41, 5.74) is 0. The van der Waals surface area contributed by atoms with Gasteiger partial charge in [0.2, 0.25) is 0 Å². The lowest BCUT2D eigenvalue weighted by atomic mass is 9.93. The number of hydrogen-bond acceptors (Lipinski definition) is 2. The van der Waals surface area contributed by atoms with E-state index in [-0.39, 0.29) is 0 Å². The fourth-order valence-corrected chi connectivity index (χ4v) is 2.64. The van der Waals surface area contributed by atoms with E-state index in [0.717, 1.165) is 30.3 Å². The monoisotopic (exact) mass is 226 g/mol. The van der Waals surface area contributed by atoms with Gasteiger partial charge in [-0.05, 0) is 17.8 Å². The predicted octanol–water partition coefficient (Wildman–Crippen LogP) is 2.60. The zero-order valence-electron chi connectivity index (χ0n) is 12.0. The molecule has 2 atom stereocenters. The summed E-state index contributed by atoms with van der Waals surface area (Å²) in [6.07, 6.45) is 0. The van der Waals surface area contributed by atoms with Crippen molar-refractivity contribution in [2.24, 2.45) is 17.8 Å². The highest BCUT2D eigenvalue weighted by molar-refractivity contribution is 4.89. The van der Waals surface area contributed by atoms with E-state index in [1.165, 1.54) is 13.1 Å². The first-order chi connectivity index (χ1) is 7.41. The third-order valence-corrected chi connectivity index (χ3v) is 3.66. The van der Waals surface area contributed by atoms with Crippen LogP contribution in [0.3, 0.4) is 0 Å². The molecule has 1 saturated heterocycles. The largest absolute Gasteiger partial charge is 0.311 e. The van der Waals surface area contributed by atoms with E-state index in [1.54, 1.807) is 0 Å². The second-order valence-corrected chi connectivity index (χ2v) is 6.42. The summed E-state index contributed by atoms with van der Waals surface area (Å²) in [7, 11) is 0. The van der Waals surface area contributed by atoms with Gasteiger partial charge in [0.25, 0.3) is 0 Å². The number of nitrogens with one attached hydrogen (secondary N) is 1. The molecule has 1 heterocycles. The minimum Gasteiger partial charge on any atom is -0.311 e. The van der Waals surface area contributed by atoms with Crippen molar-refractivity contribution in [3.05, 3.63) is 0 Å². The highest BCUT2D eigenvalue weighted by Gasteiger charge is 2.30. The molecule has 0 amide bonds. The Bertz CT molecular complexity index is 199. The Morgan fingerprint density at radius 3 is 2.12 bits per heavy atom. The summed E-state index contributed by atoms with van der Waals surface area (Å²) in [6.45, 7) is 17.6. The zero-order valence-corrected chi connectivity index (χ0v) is 12.0. The molecule has 1 aliphatic heterocycles. The van der Waals surface area contributed by atoms with Crippen molar-refractivity contribution >= 4 is 0 Å². The molecule has 0 aliphatic carbocycles. The van der Waals surface area contributed by atoms with Gasteiger partial charge in [-0.3, -0.25) is 4.90 Å². The van der Waals surface area contributed by atoms with Crippen LogP contribution in [0.1, 0.15) is 41.5 Å². The summed E-state index contributed by atoms with van der Waals surface area (Å²) < 4.78 is 0. The molecule has 1 rings (SSSR count). The fourth-order valence-electron chi connectivity index (χ4n) is 2.64. The van der Waals surface area contributed by atoms with E-state index >= 15 is 0 Å². The molecule has 0 radical (unpaired) electrons. The van der Waals surface area contributed by atoms with Gasteiger partial charge in [-0.1, -0.05) is 41.5 Å². The molecule has 1 aliphatic rings. The smallest absolute Gasteiger partial charge is 0.0244 e. The second kappa shape index (κ2) is 6.02. The Labute approximate surface area is 102 Å². The first kappa shape index (κ1) is 14.0. The van der Waals surface area contributed by atoms with Gasteiger partial charge in [0.15, 0.2) is 0 Å². The van der Waals surface area contributed by atoms with Gasteiger partial charge in [-0.25, -0.2) is 0 Å². The Hall–Kier alpha value is -0.0800. The van der Waals surface area contributed by atoms with Crippen molar-refractivity contribution in [3.8, 4) is 0 Å². The molecule has 16 heavy (non-hydrogen) atoms. The third kappa shape index (κ3) is 3.74. The normalized spacial score (nSPS) is 28.3. The Kier molecular flexibility index (Phi) is 5.26. The lowest BCUT2D eigenvalue weighted by Crippen LogP contribution is -2.60. The first-order valence-electron chi connectivity index (χ1n) is 6.89. The molecule has 2 nitrogen and oxygen atoms in total. The van der Waals surface area contributed by atoms with Gasteiger partial charge >= 0.3 is 0 Å². The van der Waals surface area contributed by atoms with Gasteiger partial charge in [0.1, 0.15) is 0 Å². The van der Waals surface area contributed by atoms with E-state index < -0.39 is 0 Å². The van der Waals surface area contributed by atoms with Crippen LogP contribution in [0.2, 0.25) is 0 Å². The summed E-state index contributed by atoms with van der Waals surface area (Å²) in [4.78, 5) is 2.70. The van der Waals surface area contributed by atoms with E-state index in [2.05, 4.69) is 51.8 Å². The van der Waals surface area contributed by atoms with Crippen molar-refractivity contribution in [3.63, 3.8) is 0 Å². The summed E-state index contributed by atoms with van der Waals surface area (Å²) in [6, 6.07) is 1.39. The topological polar surface area (TPSA) is 15.3 Å². The molecule has 0 saturated carbocycles. The van der Waals surface area contributed by atoms with E-state index in [1.807, 2.05) is 0 Å². The second-order valence-electron chi connectivity index (χ2n) is 6.42. The summed E-state index contributed by atoms with van der Waals surface area (Å²) in [5.74, 6) is 2.26. The number of piperazine rings is 1. The zero-order chi connectivity index (χ0) is 12.3. The first-order valence-corrected chi connectivity index (χ1v) is 6.89. The molecule has 1 N–H and O–H groups in total. The number of nitrogens with zero attached hydrogens (tertiary/aromatic N) is 1. The molecule has 1 fully saturated rings. The van der Waals surface area contributed by atoms with E-state index in [9.17, 15) is 0 Å². The maximum atomic E-state index is 3.71. The van der Waals surface area contributed by atoms with E-state index in [0.29, 0.717) is 6.04 Å². The Morgan fingerprint density at radius 2 is 1.69 bits per heavy atom. The molecule has 0 aromatic heterocycles. The van der Waals surface area contributed by atoms with Crippen molar-refractivity contribution in [2.75, 3.05) is 19.6 Å². The molecule has 0 aromatic rings. The van der Waals surface area contributed by atoms with Gasteiger partial charge < -0.3 is 5.32 Å². The van der Waals surface area contributed by atoms with E-state index in [4.69, 9.17) is 0 Å². The van der Waals surface area contributed by atoms with Crippen LogP contribution in [0.4, 0.5) is 0 Å². The lowest BCUT2D eigenvalue weighted by molar-refractivity contribution is 0.0745. The minimum absolute atomic E-state index is 0.675. The van der Waals surface area contributed by atoms with Crippen LogP contribution < -0.4 is 5.32 Å². The molecular weight excluding hydrogens is 196 g/mol. The molecule has 0 aromatic carbocycles. The van der Waals surface area contributed by atoms with Crippen molar-refractivity contribution in [2.45, 2.75) is 53.6 Å². The Morgan fingerprint density at radius 1 is 1.06 bits per heavy atom. The predicted molar refractivity (Wildman–Crippen MR) is 71.7 cm³/mol. The van der Waals surface area contributed by atoms with Crippen molar-refractivity contribution in [1.82, 2.24) is 10.2 Å². The molecule has 0 bridgehead atoms. The molecular formula is C14H30N2. The third-order valence-electron chi connectivity index (χ3n) is 3.66. The minimum atomic E-state index is 0.675. The highest BCUT2D eigenvalue weighted by atomic mass is 15.2. The quantitative estimate of drug-likeness (QED) is 0.792. The van der Waals surface area contributed by atoms with Crippen LogP contribution in [-0.2, 0) is 0 Å². The van der Waals surface area contributed by atoms with Crippen LogP contribution in [0.5, 0.6) is 0 Å². The standard InChI is InChI=1S/C14H30N2/c1-10(2)8-16-9-13(11(3)4)15-7-14(16)12(5)6/h10-15H,7-9H2,1-6H3. The van der Waals surface area contributed by atoms with Crippen molar-refractivity contribution < 1.29 is 0 Å². The van der Waals surface area contributed by atoms with Crippen LogP contribution >= 0.6 is 0 Å². The molecule has 96 valence electrons. The van der Waals surface area contributed by atoms with Crippen LogP contribution in [0.25, 0.3) is 0 Å². The molecule has 2 unspecified atom stereocenters. The van der Waals surface area contributed by atoms with Gasteiger partial charge in [-0.15, -0.1) is 0 Å². The number of hydrogen-bond donors (Lipinski definition) is 1. The Balaban J connectivity index is 2.61. The summed E-state index contributed by atoms with van der Waals surface area (Å²) >= 11 is 0. The molecule has 2 heteroatoms. The fraction of sp³-hybridized carbons (Fsp3) is 1.00. The average Bonchev–Trinajstić information content (AvgIpc) is 2.15. The van der Waals surface area contributed by atoms with Gasteiger partial charge in [0.05, 0.1) is 0 Å². The van der Waals surface area contributed by atoms with Gasteiger partial charge in [-0.2, -0.15) is 0 Å².